The number of hydrogen-bond donors (Lipinski definition) is 0. The lowest BCUT2D eigenvalue weighted by Gasteiger charge is -2.37. The van der Waals surface area contributed by atoms with E-state index in [4.69, 9.17) is 0 Å². The van der Waals surface area contributed by atoms with Crippen LogP contribution in [-0.2, 0) is 4.79 Å². The summed E-state index contributed by atoms with van der Waals surface area (Å²) in [6.07, 6.45) is 1.58. The van der Waals surface area contributed by atoms with Crippen LogP contribution in [0.2, 0.25) is 0 Å². The highest BCUT2D eigenvalue weighted by molar-refractivity contribution is 5.87. The zero-order valence-corrected chi connectivity index (χ0v) is 19.5. The van der Waals surface area contributed by atoms with E-state index in [0.717, 1.165) is 47.2 Å². The number of hydrogen-bond acceptors (Lipinski definition) is 5. The van der Waals surface area contributed by atoms with Gasteiger partial charge in [-0.05, 0) is 31.0 Å². The summed E-state index contributed by atoms with van der Waals surface area (Å²) in [6.45, 7) is 6.72. The molecule has 1 saturated heterocycles. The fourth-order valence-electron chi connectivity index (χ4n) is 4.59. The van der Waals surface area contributed by atoms with E-state index >= 15 is 0 Å². The zero-order chi connectivity index (χ0) is 23.5. The van der Waals surface area contributed by atoms with Crippen LogP contribution in [0.4, 0.5) is 5.82 Å². The number of aromatic nitrogens is 4. The Hall–Kier alpha value is -4.00. The summed E-state index contributed by atoms with van der Waals surface area (Å²) in [4.78, 5) is 26.8. The van der Waals surface area contributed by atoms with Gasteiger partial charge in [0.1, 0.15) is 12.1 Å². The average Bonchev–Trinajstić information content (AvgIpc) is 3.23. The first-order valence-corrected chi connectivity index (χ1v) is 11.6. The van der Waals surface area contributed by atoms with E-state index in [1.807, 2.05) is 96.2 Å². The van der Waals surface area contributed by atoms with Gasteiger partial charge in [0.25, 0.3) is 0 Å². The van der Waals surface area contributed by atoms with Gasteiger partial charge in [-0.25, -0.2) is 14.6 Å². The maximum absolute atomic E-state index is 13.7. The van der Waals surface area contributed by atoms with Crippen LogP contribution in [0.25, 0.3) is 5.82 Å². The minimum Gasteiger partial charge on any atom is -0.353 e. The van der Waals surface area contributed by atoms with Crippen molar-refractivity contribution in [3.63, 3.8) is 0 Å². The van der Waals surface area contributed by atoms with E-state index in [1.54, 1.807) is 6.33 Å². The predicted octanol–water partition coefficient (Wildman–Crippen LogP) is 3.76. The first-order valence-electron chi connectivity index (χ1n) is 11.6. The molecule has 7 heteroatoms. The van der Waals surface area contributed by atoms with Crippen LogP contribution < -0.4 is 4.90 Å². The molecule has 2 aromatic carbocycles. The number of aryl methyl sites for hydroxylation is 2. The Balaban J connectivity index is 1.32. The second-order valence-electron chi connectivity index (χ2n) is 8.64. The van der Waals surface area contributed by atoms with Crippen molar-refractivity contribution < 1.29 is 4.79 Å². The van der Waals surface area contributed by atoms with E-state index in [0.29, 0.717) is 13.1 Å². The van der Waals surface area contributed by atoms with E-state index in [-0.39, 0.29) is 11.8 Å². The highest BCUT2D eigenvalue weighted by Gasteiger charge is 2.30. The van der Waals surface area contributed by atoms with Gasteiger partial charge in [0.15, 0.2) is 5.82 Å². The van der Waals surface area contributed by atoms with Gasteiger partial charge in [-0.2, -0.15) is 5.10 Å². The van der Waals surface area contributed by atoms with Gasteiger partial charge in [-0.1, -0.05) is 60.7 Å². The number of carbonyl (C=O) groups is 1. The third-order valence-electron chi connectivity index (χ3n) is 6.29. The molecule has 0 spiro atoms. The van der Waals surface area contributed by atoms with Crippen molar-refractivity contribution >= 4 is 11.7 Å². The maximum Gasteiger partial charge on any atom is 0.234 e. The number of piperazine rings is 1. The fraction of sp³-hybridized carbons (Fsp3) is 0.259. The zero-order valence-electron chi connectivity index (χ0n) is 19.5. The van der Waals surface area contributed by atoms with Crippen LogP contribution in [0.5, 0.6) is 0 Å². The van der Waals surface area contributed by atoms with Crippen molar-refractivity contribution in [1.82, 2.24) is 24.6 Å². The minimum atomic E-state index is -0.300. The van der Waals surface area contributed by atoms with Crippen molar-refractivity contribution in [3.8, 4) is 5.82 Å². The number of nitrogens with zero attached hydrogens (tertiary/aromatic N) is 6. The van der Waals surface area contributed by atoms with Crippen LogP contribution in [0.3, 0.4) is 0 Å². The monoisotopic (exact) mass is 452 g/mol. The summed E-state index contributed by atoms with van der Waals surface area (Å²) >= 11 is 0. The fourth-order valence-corrected chi connectivity index (χ4v) is 4.59. The summed E-state index contributed by atoms with van der Waals surface area (Å²) < 4.78 is 1.84. The molecule has 0 N–H and O–H groups in total. The van der Waals surface area contributed by atoms with Gasteiger partial charge in [0.2, 0.25) is 5.91 Å². The summed E-state index contributed by atoms with van der Waals surface area (Å²) in [5, 5.41) is 4.53. The SMILES string of the molecule is Cc1cc(C)n(-c2cc(N3CCN(C(=O)C(c4ccccc4)c4ccccc4)CC3)ncn2)n1. The maximum atomic E-state index is 13.7. The minimum absolute atomic E-state index is 0.142. The molecule has 1 aliphatic heterocycles. The molecule has 0 bridgehead atoms. The lowest BCUT2D eigenvalue weighted by Crippen LogP contribution is -2.50. The molecule has 5 rings (SSSR count). The molecule has 0 unspecified atom stereocenters. The Labute approximate surface area is 199 Å². The van der Waals surface area contributed by atoms with Crippen LogP contribution in [-0.4, -0.2) is 56.7 Å². The van der Waals surface area contributed by atoms with Crippen LogP contribution >= 0.6 is 0 Å². The molecule has 0 aliphatic carbocycles. The van der Waals surface area contributed by atoms with Crippen molar-refractivity contribution in [2.45, 2.75) is 19.8 Å². The first-order chi connectivity index (χ1) is 16.6. The smallest absolute Gasteiger partial charge is 0.234 e. The number of rotatable bonds is 5. The average molecular weight is 453 g/mol. The summed E-state index contributed by atoms with van der Waals surface area (Å²) in [5.41, 5.74) is 4.03. The third-order valence-corrected chi connectivity index (χ3v) is 6.29. The summed E-state index contributed by atoms with van der Waals surface area (Å²) in [6, 6.07) is 24.1. The first kappa shape index (κ1) is 21.8. The highest BCUT2D eigenvalue weighted by atomic mass is 16.2. The van der Waals surface area contributed by atoms with Crippen molar-refractivity contribution in [3.05, 3.63) is 102 Å². The van der Waals surface area contributed by atoms with E-state index in [1.165, 1.54) is 0 Å². The van der Waals surface area contributed by atoms with E-state index in [9.17, 15) is 4.79 Å². The molecule has 0 saturated carbocycles. The number of benzene rings is 2. The van der Waals surface area contributed by atoms with Gasteiger partial charge < -0.3 is 9.80 Å². The second kappa shape index (κ2) is 9.47. The molecule has 34 heavy (non-hydrogen) atoms. The van der Waals surface area contributed by atoms with Crippen molar-refractivity contribution in [2.75, 3.05) is 31.1 Å². The second-order valence-corrected chi connectivity index (χ2v) is 8.64. The Bertz CT molecular complexity index is 1220. The van der Waals surface area contributed by atoms with Gasteiger partial charge in [-0.15, -0.1) is 0 Å². The molecule has 1 aliphatic rings. The molecule has 172 valence electrons. The van der Waals surface area contributed by atoms with Gasteiger partial charge in [0.05, 0.1) is 11.6 Å². The molecule has 4 aromatic rings. The molecule has 3 heterocycles. The van der Waals surface area contributed by atoms with Crippen LogP contribution in [0, 0.1) is 13.8 Å². The highest BCUT2D eigenvalue weighted by Crippen LogP contribution is 2.28. The molecule has 0 radical (unpaired) electrons. The number of amides is 1. The topological polar surface area (TPSA) is 67.2 Å². The number of carbonyl (C=O) groups excluding carboxylic acids is 1. The lowest BCUT2D eigenvalue weighted by atomic mass is 9.90. The predicted molar refractivity (Wildman–Crippen MR) is 132 cm³/mol. The summed E-state index contributed by atoms with van der Waals surface area (Å²) in [5.74, 6) is 1.45. The molecule has 1 amide bonds. The Morgan fingerprint density at radius 3 is 1.94 bits per heavy atom. The Morgan fingerprint density at radius 1 is 0.794 bits per heavy atom. The molecule has 1 fully saturated rings. The Morgan fingerprint density at radius 2 is 1.38 bits per heavy atom. The third kappa shape index (κ3) is 4.41. The normalized spacial score (nSPS) is 14.0. The van der Waals surface area contributed by atoms with E-state index < -0.39 is 0 Å². The van der Waals surface area contributed by atoms with Crippen molar-refractivity contribution in [1.29, 1.82) is 0 Å². The molecular weight excluding hydrogens is 424 g/mol. The van der Waals surface area contributed by atoms with Gasteiger partial charge in [0, 0.05) is 37.9 Å². The molecule has 2 aromatic heterocycles. The molecule has 7 nitrogen and oxygen atoms in total. The van der Waals surface area contributed by atoms with Crippen molar-refractivity contribution in [2.24, 2.45) is 0 Å². The van der Waals surface area contributed by atoms with Crippen LogP contribution in [0.1, 0.15) is 28.4 Å². The van der Waals surface area contributed by atoms with Gasteiger partial charge >= 0.3 is 0 Å². The van der Waals surface area contributed by atoms with E-state index in [2.05, 4.69) is 20.0 Å². The van der Waals surface area contributed by atoms with Gasteiger partial charge in [-0.3, -0.25) is 4.79 Å². The lowest BCUT2D eigenvalue weighted by molar-refractivity contribution is -0.132. The number of anilines is 1. The molecular formula is C27H28N6O. The standard InChI is InChI=1S/C27H28N6O/c1-20-17-21(2)33(30-20)25-18-24(28-19-29-25)31-13-15-32(16-14-31)27(34)26(22-9-5-3-6-10-22)23-11-7-4-8-12-23/h3-12,17-19,26H,13-16H2,1-2H3. The summed E-state index contributed by atoms with van der Waals surface area (Å²) in [7, 11) is 0. The largest absolute Gasteiger partial charge is 0.353 e. The quantitative estimate of drug-likeness (QED) is 0.461. The molecule has 0 atom stereocenters. The Kier molecular flexibility index (Phi) is 6.08. The van der Waals surface area contributed by atoms with Crippen LogP contribution in [0.15, 0.2) is 79.1 Å².